The van der Waals surface area contributed by atoms with Gasteiger partial charge in [-0.25, -0.2) is 0 Å². The molecule has 0 aliphatic heterocycles. The van der Waals surface area contributed by atoms with Crippen LogP contribution in [0.15, 0.2) is 0 Å². The van der Waals surface area contributed by atoms with Gasteiger partial charge in [0.05, 0.1) is 0 Å². The summed E-state index contributed by atoms with van der Waals surface area (Å²) in [5.41, 5.74) is 0.484. The third-order valence-corrected chi connectivity index (χ3v) is 5.77. The molecule has 19 heavy (non-hydrogen) atoms. The Balaban J connectivity index is 4.64. The molecule has 0 aromatic carbocycles. The summed E-state index contributed by atoms with van der Waals surface area (Å²) in [6.07, 6.45) is 8.25. The van der Waals surface area contributed by atoms with E-state index in [0.29, 0.717) is 5.41 Å². The first-order chi connectivity index (χ1) is 8.80. The van der Waals surface area contributed by atoms with E-state index < -0.39 is 0 Å². The molecular formula is C19H40. The van der Waals surface area contributed by atoms with Crippen molar-refractivity contribution in [3.8, 4) is 0 Å². The standard InChI is InChI=1S/C19H40/c1-9-12-18(13-10-2)14-19(7,8)17(6)16(5)15(4)11-3/h15-18H,9-14H2,1-8H3. The van der Waals surface area contributed by atoms with Crippen LogP contribution in [-0.4, -0.2) is 0 Å². The Morgan fingerprint density at radius 1 is 0.842 bits per heavy atom. The Hall–Kier alpha value is 0. The second-order valence-electron chi connectivity index (χ2n) is 7.67. The van der Waals surface area contributed by atoms with Gasteiger partial charge < -0.3 is 0 Å². The van der Waals surface area contributed by atoms with E-state index in [9.17, 15) is 0 Å². The van der Waals surface area contributed by atoms with Crippen molar-refractivity contribution >= 4 is 0 Å². The summed E-state index contributed by atoms with van der Waals surface area (Å²) in [7, 11) is 0. The molecule has 3 unspecified atom stereocenters. The molecule has 0 aliphatic carbocycles. The minimum absolute atomic E-state index is 0.484. The molecule has 0 aliphatic rings. The number of hydrogen-bond acceptors (Lipinski definition) is 0. The van der Waals surface area contributed by atoms with Crippen molar-refractivity contribution in [3.05, 3.63) is 0 Å². The average Bonchev–Trinajstić information content (AvgIpc) is 2.36. The highest BCUT2D eigenvalue weighted by Gasteiger charge is 2.33. The normalized spacial score (nSPS) is 17.5. The van der Waals surface area contributed by atoms with E-state index in [4.69, 9.17) is 0 Å². The number of rotatable bonds is 10. The van der Waals surface area contributed by atoms with Gasteiger partial charge in [0.25, 0.3) is 0 Å². The van der Waals surface area contributed by atoms with Gasteiger partial charge >= 0.3 is 0 Å². The van der Waals surface area contributed by atoms with Crippen molar-refractivity contribution < 1.29 is 0 Å². The molecule has 116 valence electrons. The first-order valence-corrected chi connectivity index (χ1v) is 8.80. The largest absolute Gasteiger partial charge is 0.0654 e. The predicted octanol–water partition coefficient (Wildman–Crippen LogP) is 6.94. The minimum Gasteiger partial charge on any atom is -0.0654 e. The average molecular weight is 269 g/mol. The Bertz CT molecular complexity index is 210. The van der Waals surface area contributed by atoms with Crippen LogP contribution in [-0.2, 0) is 0 Å². The molecule has 0 spiro atoms. The predicted molar refractivity (Wildman–Crippen MR) is 89.5 cm³/mol. The highest BCUT2D eigenvalue weighted by molar-refractivity contribution is 4.83. The van der Waals surface area contributed by atoms with Gasteiger partial charge in [-0.05, 0) is 35.5 Å². The van der Waals surface area contributed by atoms with Crippen LogP contribution in [0.5, 0.6) is 0 Å². The van der Waals surface area contributed by atoms with Crippen molar-refractivity contribution in [2.45, 2.75) is 93.9 Å². The summed E-state index contributed by atoms with van der Waals surface area (Å²) in [6, 6.07) is 0. The van der Waals surface area contributed by atoms with E-state index in [2.05, 4.69) is 55.4 Å². The first-order valence-electron chi connectivity index (χ1n) is 8.80. The SMILES string of the molecule is CCCC(CCC)CC(C)(C)C(C)C(C)C(C)CC. The van der Waals surface area contributed by atoms with Gasteiger partial charge in [-0.1, -0.05) is 87.5 Å². The molecule has 0 aromatic rings. The molecule has 0 fully saturated rings. The topological polar surface area (TPSA) is 0 Å². The maximum absolute atomic E-state index is 2.51. The molecule has 0 amide bonds. The Morgan fingerprint density at radius 2 is 1.32 bits per heavy atom. The van der Waals surface area contributed by atoms with Gasteiger partial charge in [0.2, 0.25) is 0 Å². The highest BCUT2D eigenvalue weighted by Crippen LogP contribution is 2.42. The molecule has 0 heteroatoms. The van der Waals surface area contributed by atoms with Gasteiger partial charge in [-0.3, -0.25) is 0 Å². The zero-order chi connectivity index (χ0) is 15.1. The summed E-state index contributed by atoms with van der Waals surface area (Å²) in [6.45, 7) is 19.4. The summed E-state index contributed by atoms with van der Waals surface area (Å²) >= 11 is 0. The molecule has 0 saturated carbocycles. The quantitative estimate of drug-likeness (QED) is 0.402. The lowest BCUT2D eigenvalue weighted by Gasteiger charge is -2.40. The van der Waals surface area contributed by atoms with Crippen LogP contribution in [0.4, 0.5) is 0 Å². The van der Waals surface area contributed by atoms with Crippen LogP contribution in [0.3, 0.4) is 0 Å². The van der Waals surface area contributed by atoms with Crippen LogP contribution in [0, 0.1) is 29.1 Å². The lowest BCUT2D eigenvalue weighted by Crippen LogP contribution is -2.32. The van der Waals surface area contributed by atoms with E-state index in [1.807, 2.05) is 0 Å². The van der Waals surface area contributed by atoms with Crippen LogP contribution in [0.25, 0.3) is 0 Å². The summed E-state index contributed by atoms with van der Waals surface area (Å²) in [4.78, 5) is 0. The Kier molecular flexibility index (Phi) is 9.03. The van der Waals surface area contributed by atoms with Gasteiger partial charge in [0, 0.05) is 0 Å². The van der Waals surface area contributed by atoms with Crippen molar-refractivity contribution in [3.63, 3.8) is 0 Å². The lowest BCUT2D eigenvalue weighted by atomic mass is 9.65. The fourth-order valence-corrected chi connectivity index (χ4v) is 3.67. The van der Waals surface area contributed by atoms with Crippen LogP contribution in [0.2, 0.25) is 0 Å². The van der Waals surface area contributed by atoms with Crippen molar-refractivity contribution in [2.75, 3.05) is 0 Å². The molecule has 0 bridgehead atoms. The third kappa shape index (κ3) is 6.32. The summed E-state index contributed by atoms with van der Waals surface area (Å²) in [5, 5.41) is 0. The maximum atomic E-state index is 2.51. The summed E-state index contributed by atoms with van der Waals surface area (Å²) < 4.78 is 0. The first kappa shape index (κ1) is 19.0. The van der Waals surface area contributed by atoms with Crippen LogP contribution >= 0.6 is 0 Å². The fourth-order valence-electron chi connectivity index (χ4n) is 3.67. The molecule has 0 saturated heterocycles. The van der Waals surface area contributed by atoms with E-state index >= 15 is 0 Å². The van der Waals surface area contributed by atoms with E-state index in [0.717, 1.165) is 23.7 Å². The molecule has 0 radical (unpaired) electrons. The Morgan fingerprint density at radius 3 is 1.68 bits per heavy atom. The van der Waals surface area contributed by atoms with E-state index in [1.54, 1.807) is 0 Å². The molecular weight excluding hydrogens is 228 g/mol. The summed E-state index contributed by atoms with van der Waals surface area (Å²) in [5.74, 6) is 3.45. The second kappa shape index (κ2) is 9.03. The minimum atomic E-state index is 0.484. The lowest BCUT2D eigenvalue weighted by molar-refractivity contribution is 0.0934. The van der Waals surface area contributed by atoms with Crippen LogP contribution in [0.1, 0.15) is 93.9 Å². The molecule has 0 N–H and O–H groups in total. The third-order valence-electron chi connectivity index (χ3n) is 5.77. The smallest absolute Gasteiger partial charge is 0.0323 e. The Labute approximate surface area is 123 Å². The van der Waals surface area contributed by atoms with E-state index in [-0.39, 0.29) is 0 Å². The molecule has 0 aromatic heterocycles. The van der Waals surface area contributed by atoms with Gasteiger partial charge in [-0.2, -0.15) is 0 Å². The van der Waals surface area contributed by atoms with Crippen molar-refractivity contribution in [1.29, 1.82) is 0 Å². The van der Waals surface area contributed by atoms with Gasteiger partial charge in [0.1, 0.15) is 0 Å². The molecule has 0 heterocycles. The maximum Gasteiger partial charge on any atom is -0.0323 e. The molecule has 0 nitrogen and oxygen atoms in total. The van der Waals surface area contributed by atoms with Crippen molar-refractivity contribution in [2.24, 2.45) is 29.1 Å². The second-order valence-corrected chi connectivity index (χ2v) is 7.67. The zero-order valence-corrected chi connectivity index (χ0v) is 15.1. The fraction of sp³-hybridized carbons (Fsp3) is 1.00. The van der Waals surface area contributed by atoms with Gasteiger partial charge in [-0.15, -0.1) is 0 Å². The zero-order valence-electron chi connectivity index (χ0n) is 15.1. The van der Waals surface area contributed by atoms with Gasteiger partial charge in [0.15, 0.2) is 0 Å². The monoisotopic (exact) mass is 268 g/mol. The molecule has 0 rings (SSSR count). The van der Waals surface area contributed by atoms with Crippen molar-refractivity contribution in [1.82, 2.24) is 0 Å². The van der Waals surface area contributed by atoms with Crippen LogP contribution < -0.4 is 0 Å². The number of hydrogen-bond donors (Lipinski definition) is 0. The molecule has 3 atom stereocenters. The highest BCUT2D eigenvalue weighted by atomic mass is 14.4. The van der Waals surface area contributed by atoms with E-state index in [1.165, 1.54) is 38.5 Å².